The second-order valence-electron chi connectivity index (χ2n) is 5.95. The number of alkyl halides is 3. The van der Waals surface area contributed by atoms with E-state index in [2.05, 4.69) is 4.74 Å². The normalized spacial score (nSPS) is 22.5. The molecule has 0 N–H and O–H groups in total. The highest BCUT2D eigenvalue weighted by Gasteiger charge is 2.32. The molecular formula is C17H19ClF4O. The molecule has 23 heavy (non-hydrogen) atoms. The number of allylic oxidation sites excluding steroid dienone is 1. The molecule has 6 heteroatoms. The van der Waals surface area contributed by atoms with Crippen molar-refractivity contribution in [2.45, 2.75) is 44.9 Å². The molecule has 0 radical (unpaired) electrons. The number of halogens is 5. The van der Waals surface area contributed by atoms with Crippen molar-refractivity contribution in [3.63, 3.8) is 0 Å². The molecule has 0 unspecified atom stereocenters. The fourth-order valence-corrected chi connectivity index (χ4v) is 3.26. The highest BCUT2D eigenvalue weighted by molar-refractivity contribution is 6.25. The predicted molar refractivity (Wildman–Crippen MR) is 81.8 cm³/mol. The second-order valence-corrected chi connectivity index (χ2v) is 6.20. The summed E-state index contributed by atoms with van der Waals surface area (Å²) < 4.78 is 53.6. The Morgan fingerprint density at radius 2 is 1.87 bits per heavy atom. The van der Waals surface area contributed by atoms with Crippen LogP contribution < -0.4 is 4.74 Å². The first-order valence-electron chi connectivity index (χ1n) is 7.68. The number of aryl methyl sites for hydroxylation is 1. The summed E-state index contributed by atoms with van der Waals surface area (Å²) in [6.07, 6.45) is 3.11. The Kier molecular flexibility index (Phi) is 6.33. The molecule has 0 amide bonds. The van der Waals surface area contributed by atoms with E-state index in [1.807, 2.05) is 6.08 Å². The van der Waals surface area contributed by atoms with Gasteiger partial charge in [-0.3, -0.25) is 0 Å². The predicted octanol–water partition coefficient (Wildman–Crippen LogP) is 6.22. The van der Waals surface area contributed by atoms with E-state index in [0.29, 0.717) is 23.8 Å². The summed E-state index contributed by atoms with van der Waals surface area (Å²) in [7, 11) is 0. The van der Waals surface area contributed by atoms with Crippen molar-refractivity contribution < 1.29 is 22.3 Å². The zero-order valence-electron chi connectivity index (χ0n) is 12.6. The highest BCUT2D eigenvalue weighted by atomic mass is 35.5. The molecule has 1 nitrogen and oxygen atoms in total. The third kappa shape index (κ3) is 6.05. The van der Waals surface area contributed by atoms with Gasteiger partial charge in [0.2, 0.25) is 0 Å². The van der Waals surface area contributed by atoms with E-state index in [0.717, 1.165) is 44.2 Å². The molecule has 0 aromatic heterocycles. The zero-order valence-corrected chi connectivity index (χ0v) is 13.3. The maximum absolute atomic E-state index is 13.6. The van der Waals surface area contributed by atoms with Crippen LogP contribution in [0.4, 0.5) is 17.6 Å². The largest absolute Gasteiger partial charge is 0.573 e. The van der Waals surface area contributed by atoms with Crippen LogP contribution in [-0.2, 0) is 6.42 Å². The van der Waals surface area contributed by atoms with E-state index in [-0.39, 0.29) is 0 Å². The standard InChI is InChI=1S/C17H19ClF4O/c18-10-9-13-3-1-12(2-4-13)5-6-14-7-8-16(15(19)11-14)23-17(20,21)22/h7-13H,1-6H2/b10-9+/t12-,13-. The summed E-state index contributed by atoms with van der Waals surface area (Å²) in [5, 5.41) is 0. The third-order valence-electron chi connectivity index (χ3n) is 4.30. The first kappa shape index (κ1) is 18.1. The number of hydrogen-bond acceptors (Lipinski definition) is 1. The van der Waals surface area contributed by atoms with E-state index in [9.17, 15) is 17.6 Å². The van der Waals surface area contributed by atoms with Gasteiger partial charge in [0.05, 0.1) is 0 Å². The lowest BCUT2D eigenvalue weighted by Gasteiger charge is -2.26. The van der Waals surface area contributed by atoms with Crippen molar-refractivity contribution in [3.8, 4) is 5.75 Å². The van der Waals surface area contributed by atoms with Crippen molar-refractivity contribution in [2.24, 2.45) is 11.8 Å². The summed E-state index contributed by atoms with van der Waals surface area (Å²) in [5.74, 6) is -0.644. The maximum Gasteiger partial charge on any atom is 0.573 e. The molecule has 1 saturated carbocycles. The van der Waals surface area contributed by atoms with Gasteiger partial charge in [0, 0.05) is 5.54 Å². The Balaban J connectivity index is 1.84. The van der Waals surface area contributed by atoms with Gasteiger partial charge < -0.3 is 4.74 Å². The lowest BCUT2D eigenvalue weighted by atomic mass is 9.79. The molecule has 1 aromatic carbocycles. The summed E-state index contributed by atoms with van der Waals surface area (Å²) in [6, 6.07) is 3.66. The van der Waals surface area contributed by atoms with Crippen LogP contribution in [0.25, 0.3) is 0 Å². The van der Waals surface area contributed by atoms with Crippen LogP contribution in [0.5, 0.6) is 5.75 Å². The summed E-state index contributed by atoms with van der Waals surface area (Å²) >= 11 is 5.58. The van der Waals surface area contributed by atoms with Crippen LogP contribution in [0.2, 0.25) is 0 Å². The SMILES string of the molecule is Fc1cc(CC[C@H]2CC[C@H](/C=C/Cl)CC2)ccc1OC(F)(F)F. The highest BCUT2D eigenvalue weighted by Crippen LogP contribution is 2.33. The summed E-state index contributed by atoms with van der Waals surface area (Å²) in [4.78, 5) is 0. The van der Waals surface area contributed by atoms with Crippen LogP contribution in [0, 0.1) is 17.7 Å². The van der Waals surface area contributed by atoms with Crippen molar-refractivity contribution in [1.29, 1.82) is 0 Å². The van der Waals surface area contributed by atoms with Gasteiger partial charge in [0.1, 0.15) is 0 Å². The minimum atomic E-state index is -4.88. The van der Waals surface area contributed by atoms with Gasteiger partial charge in [-0.2, -0.15) is 0 Å². The first-order valence-corrected chi connectivity index (χ1v) is 8.12. The number of rotatable bonds is 5. The Morgan fingerprint density at radius 3 is 2.43 bits per heavy atom. The topological polar surface area (TPSA) is 9.23 Å². The van der Waals surface area contributed by atoms with Gasteiger partial charge in [-0.25, -0.2) is 4.39 Å². The van der Waals surface area contributed by atoms with Gasteiger partial charge in [-0.1, -0.05) is 23.7 Å². The first-order chi connectivity index (χ1) is 10.9. The minimum absolute atomic E-state index is 0.542. The van der Waals surface area contributed by atoms with E-state index in [4.69, 9.17) is 11.6 Å². The van der Waals surface area contributed by atoms with Gasteiger partial charge in [0.15, 0.2) is 11.6 Å². The van der Waals surface area contributed by atoms with E-state index in [1.54, 1.807) is 5.54 Å². The smallest absolute Gasteiger partial charge is 0.403 e. The zero-order chi connectivity index (χ0) is 16.9. The maximum atomic E-state index is 13.6. The van der Waals surface area contributed by atoms with Gasteiger partial charge in [-0.15, -0.1) is 13.2 Å². The molecule has 1 fully saturated rings. The molecule has 0 saturated heterocycles. The molecule has 1 aliphatic carbocycles. The molecule has 0 heterocycles. The fourth-order valence-electron chi connectivity index (χ4n) is 3.05. The van der Waals surface area contributed by atoms with Crippen molar-refractivity contribution in [3.05, 3.63) is 41.2 Å². The minimum Gasteiger partial charge on any atom is -0.403 e. The van der Waals surface area contributed by atoms with Crippen molar-refractivity contribution in [2.75, 3.05) is 0 Å². The fraction of sp³-hybridized carbons (Fsp3) is 0.529. The molecule has 128 valence electrons. The molecule has 1 aliphatic rings. The molecule has 0 spiro atoms. The summed E-state index contributed by atoms with van der Waals surface area (Å²) in [6.45, 7) is 0. The quantitative estimate of drug-likeness (QED) is 0.573. The molecule has 0 bridgehead atoms. The second kappa shape index (κ2) is 8.04. The van der Waals surface area contributed by atoms with Crippen LogP contribution in [0.1, 0.15) is 37.7 Å². The van der Waals surface area contributed by atoms with E-state index in [1.165, 1.54) is 6.07 Å². The Bertz CT molecular complexity index is 534. The van der Waals surface area contributed by atoms with E-state index >= 15 is 0 Å². The molecule has 1 aromatic rings. The van der Waals surface area contributed by atoms with Crippen LogP contribution in [-0.4, -0.2) is 6.36 Å². The lowest BCUT2D eigenvalue weighted by Crippen LogP contribution is -2.18. The van der Waals surface area contributed by atoms with Crippen LogP contribution in [0.3, 0.4) is 0 Å². The average Bonchev–Trinajstić information content (AvgIpc) is 2.48. The Morgan fingerprint density at radius 1 is 1.17 bits per heavy atom. The lowest BCUT2D eigenvalue weighted by molar-refractivity contribution is -0.275. The third-order valence-corrected chi connectivity index (χ3v) is 4.45. The molecule has 0 aliphatic heterocycles. The molecule has 2 rings (SSSR count). The van der Waals surface area contributed by atoms with E-state index < -0.39 is 17.9 Å². The van der Waals surface area contributed by atoms with Crippen LogP contribution >= 0.6 is 11.6 Å². The summed E-state index contributed by atoms with van der Waals surface area (Å²) in [5.41, 5.74) is 2.26. The van der Waals surface area contributed by atoms with Crippen molar-refractivity contribution in [1.82, 2.24) is 0 Å². The Hall–Kier alpha value is -1.23. The number of benzene rings is 1. The molecule has 0 atom stereocenters. The number of hydrogen-bond donors (Lipinski definition) is 0. The van der Waals surface area contributed by atoms with Gasteiger partial charge >= 0.3 is 6.36 Å². The monoisotopic (exact) mass is 350 g/mol. The van der Waals surface area contributed by atoms with Crippen LogP contribution in [0.15, 0.2) is 29.8 Å². The van der Waals surface area contributed by atoms with Gasteiger partial charge in [0.25, 0.3) is 0 Å². The number of ether oxygens (including phenoxy) is 1. The van der Waals surface area contributed by atoms with Crippen molar-refractivity contribution >= 4 is 11.6 Å². The average molecular weight is 351 g/mol. The Labute approximate surface area is 138 Å². The molecular weight excluding hydrogens is 332 g/mol. The van der Waals surface area contributed by atoms with Gasteiger partial charge in [-0.05, 0) is 68.1 Å².